The molecule has 2 N–H and O–H groups in total. The summed E-state index contributed by atoms with van der Waals surface area (Å²) in [6.07, 6.45) is 3.21. The number of amides is 2. The number of piperidine rings is 1. The Morgan fingerprint density at radius 3 is 2.48 bits per heavy atom. The molecule has 1 aliphatic heterocycles. The van der Waals surface area contributed by atoms with Gasteiger partial charge in [-0.15, -0.1) is 0 Å². The summed E-state index contributed by atoms with van der Waals surface area (Å²) in [5.74, 6) is -0.599. The number of rotatable bonds is 4. The van der Waals surface area contributed by atoms with Crippen LogP contribution in [0.15, 0.2) is 36.7 Å². The van der Waals surface area contributed by atoms with Gasteiger partial charge < -0.3 is 20.2 Å². The van der Waals surface area contributed by atoms with E-state index in [9.17, 15) is 19.1 Å². The molecule has 2 heterocycles. The van der Waals surface area contributed by atoms with Crippen LogP contribution in [0, 0.1) is 9.39 Å². The van der Waals surface area contributed by atoms with Crippen LogP contribution >= 0.6 is 22.6 Å². The van der Waals surface area contributed by atoms with Gasteiger partial charge in [-0.25, -0.2) is 9.18 Å². The molecule has 1 fully saturated rings. The number of hydrogen-bond donors (Lipinski definition) is 2. The monoisotopic (exact) mass is 540 g/mol. The first-order valence-corrected chi connectivity index (χ1v) is 11.1. The molecular formula is C22H26FIN4O3. The lowest BCUT2D eigenvalue weighted by Gasteiger charge is -2.43. The summed E-state index contributed by atoms with van der Waals surface area (Å²) >= 11 is 2.03. The lowest BCUT2D eigenvalue weighted by Crippen LogP contribution is -2.55. The van der Waals surface area contributed by atoms with E-state index >= 15 is 0 Å². The summed E-state index contributed by atoms with van der Waals surface area (Å²) in [5, 5.41) is 12.6. The van der Waals surface area contributed by atoms with Crippen LogP contribution in [0.25, 0.3) is 0 Å². The van der Waals surface area contributed by atoms with Crippen LogP contribution in [0.4, 0.5) is 20.6 Å². The fraction of sp³-hybridized carbons (Fsp3) is 0.409. The van der Waals surface area contributed by atoms with E-state index in [-0.39, 0.29) is 17.6 Å². The highest BCUT2D eigenvalue weighted by Gasteiger charge is 2.36. The number of nitrogens with one attached hydrogen (secondary N) is 1. The van der Waals surface area contributed by atoms with Crippen molar-refractivity contribution in [3.05, 3.63) is 51.6 Å². The highest BCUT2D eigenvalue weighted by Crippen LogP contribution is 2.28. The topological polar surface area (TPSA) is 85.8 Å². The smallest absolute Gasteiger partial charge is 0.407 e. The highest BCUT2D eigenvalue weighted by atomic mass is 127. The van der Waals surface area contributed by atoms with Crippen LogP contribution < -0.4 is 5.32 Å². The van der Waals surface area contributed by atoms with E-state index < -0.39 is 17.4 Å². The minimum atomic E-state index is -0.947. The Bertz CT molecular complexity index is 971. The Kier molecular flexibility index (Phi) is 7.03. The molecule has 0 saturated carbocycles. The second kappa shape index (κ2) is 9.37. The number of carbonyl (C=O) groups excluding carboxylic acids is 1. The van der Waals surface area contributed by atoms with Crippen molar-refractivity contribution in [3.8, 4) is 0 Å². The molecule has 2 amide bonds. The van der Waals surface area contributed by atoms with Crippen molar-refractivity contribution < 1.29 is 19.1 Å². The van der Waals surface area contributed by atoms with Gasteiger partial charge in [-0.05, 0) is 80.5 Å². The predicted molar refractivity (Wildman–Crippen MR) is 125 cm³/mol. The molecule has 7 nitrogen and oxygen atoms in total. The summed E-state index contributed by atoms with van der Waals surface area (Å²) in [6, 6.07) is 6.28. The van der Waals surface area contributed by atoms with E-state index in [1.165, 1.54) is 23.4 Å². The summed E-state index contributed by atoms with van der Waals surface area (Å²) in [5.41, 5.74) is 0.583. The Hall–Kier alpha value is -2.43. The molecule has 0 spiro atoms. The van der Waals surface area contributed by atoms with E-state index in [1.807, 2.05) is 43.4 Å². The molecule has 1 saturated heterocycles. The fourth-order valence-corrected chi connectivity index (χ4v) is 4.36. The molecule has 3 rings (SSSR count). The maximum Gasteiger partial charge on any atom is 0.407 e. The number of carbonyl (C=O) groups is 2. The molecule has 0 unspecified atom stereocenters. The third kappa shape index (κ3) is 5.44. The van der Waals surface area contributed by atoms with Crippen LogP contribution in [0.3, 0.4) is 0 Å². The van der Waals surface area contributed by atoms with Gasteiger partial charge in [0.15, 0.2) is 0 Å². The van der Waals surface area contributed by atoms with E-state index in [4.69, 9.17) is 0 Å². The molecule has 0 aliphatic carbocycles. The number of anilines is 2. The molecule has 166 valence electrons. The maximum atomic E-state index is 14.3. The first-order valence-electron chi connectivity index (χ1n) is 10.1. The number of aromatic nitrogens is 1. The fourth-order valence-electron chi connectivity index (χ4n) is 3.90. The van der Waals surface area contributed by atoms with E-state index in [0.29, 0.717) is 37.2 Å². The van der Waals surface area contributed by atoms with Gasteiger partial charge in [0, 0.05) is 34.4 Å². The second-order valence-electron chi connectivity index (χ2n) is 8.52. The molecule has 1 aromatic carbocycles. The number of benzene rings is 1. The van der Waals surface area contributed by atoms with Crippen molar-refractivity contribution in [2.75, 3.05) is 18.4 Å². The first-order chi connectivity index (χ1) is 14.6. The first kappa shape index (κ1) is 23.2. The molecule has 1 aliphatic rings. The number of pyridine rings is 1. The highest BCUT2D eigenvalue weighted by molar-refractivity contribution is 14.1. The van der Waals surface area contributed by atoms with Crippen molar-refractivity contribution in [1.29, 1.82) is 0 Å². The third-order valence-corrected chi connectivity index (χ3v) is 5.97. The molecule has 31 heavy (non-hydrogen) atoms. The normalized spacial score (nSPS) is 14.9. The quantitative estimate of drug-likeness (QED) is 0.537. The molecule has 1 aromatic heterocycles. The van der Waals surface area contributed by atoms with Crippen molar-refractivity contribution in [2.24, 2.45) is 0 Å². The zero-order chi connectivity index (χ0) is 22.8. The van der Waals surface area contributed by atoms with Crippen molar-refractivity contribution in [2.45, 2.75) is 45.2 Å². The Morgan fingerprint density at radius 2 is 1.90 bits per heavy atom. The number of likely N-dealkylation sites (tertiary alicyclic amines) is 1. The SMILES string of the molecule is CC(C)(C)N(C(=O)O)C1CCN(C(=O)c2ccncc2Nc2ccc(I)cc2F)CC1. The van der Waals surface area contributed by atoms with Gasteiger partial charge in [0.25, 0.3) is 5.91 Å². The molecule has 0 radical (unpaired) electrons. The summed E-state index contributed by atoms with van der Waals surface area (Å²) in [7, 11) is 0. The lowest BCUT2D eigenvalue weighted by atomic mass is 9.96. The van der Waals surface area contributed by atoms with E-state index in [2.05, 4.69) is 10.3 Å². The number of halogens is 2. The van der Waals surface area contributed by atoms with Crippen LogP contribution in [-0.4, -0.2) is 56.6 Å². The molecule has 0 atom stereocenters. The minimum Gasteiger partial charge on any atom is -0.465 e. The number of carboxylic acid groups (broad SMARTS) is 1. The second-order valence-corrected chi connectivity index (χ2v) is 9.76. The van der Waals surface area contributed by atoms with Gasteiger partial charge >= 0.3 is 6.09 Å². The minimum absolute atomic E-state index is 0.141. The summed E-state index contributed by atoms with van der Waals surface area (Å²) in [6.45, 7) is 6.51. The van der Waals surface area contributed by atoms with Gasteiger partial charge in [-0.1, -0.05) is 0 Å². The average Bonchev–Trinajstić information content (AvgIpc) is 2.69. The largest absolute Gasteiger partial charge is 0.465 e. The van der Waals surface area contributed by atoms with Crippen LogP contribution in [0.5, 0.6) is 0 Å². The van der Waals surface area contributed by atoms with E-state index in [0.717, 1.165) is 3.57 Å². The van der Waals surface area contributed by atoms with Crippen LogP contribution in [0.2, 0.25) is 0 Å². The van der Waals surface area contributed by atoms with Gasteiger partial charge in [0.2, 0.25) is 0 Å². The van der Waals surface area contributed by atoms with Gasteiger partial charge in [0.05, 0.1) is 23.1 Å². The Labute approximate surface area is 194 Å². The van der Waals surface area contributed by atoms with Gasteiger partial charge in [-0.3, -0.25) is 9.78 Å². The number of nitrogens with zero attached hydrogens (tertiary/aromatic N) is 3. The van der Waals surface area contributed by atoms with Crippen LogP contribution in [0.1, 0.15) is 44.0 Å². The average molecular weight is 540 g/mol. The van der Waals surface area contributed by atoms with Gasteiger partial charge in [-0.2, -0.15) is 0 Å². The van der Waals surface area contributed by atoms with Crippen LogP contribution in [-0.2, 0) is 0 Å². The lowest BCUT2D eigenvalue weighted by molar-refractivity contribution is 0.0384. The Balaban J connectivity index is 1.74. The summed E-state index contributed by atoms with van der Waals surface area (Å²) in [4.78, 5) is 32.2. The molecule has 0 bridgehead atoms. The number of hydrogen-bond acceptors (Lipinski definition) is 4. The summed E-state index contributed by atoms with van der Waals surface area (Å²) < 4.78 is 15.0. The van der Waals surface area contributed by atoms with Crippen molar-refractivity contribution in [3.63, 3.8) is 0 Å². The molecular weight excluding hydrogens is 514 g/mol. The zero-order valence-electron chi connectivity index (χ0n) is 17.7. The van der Waals surface area contributed by atoms with Crippen molar-refractivity contribution >= 4 is 46.0 Å². The third-order valence-electron chi connectivity index (χ3n) is 5.30. The predicted octanol–water partition coefficient (Wildman–Crippen LogP) is 4.95. The van der Waals surface area contributed by atoms with E-state index in [1.54, 1.807) is 23.1 Å². The molecule has 2 aromatic rings. The van der Waals surface area contributed by atoms with Crippen molar-refractivity contribution in [1.82, 2.24) is 14.8 Å². The zero-order valence-corrected chi connectivity index (χ0v) is 19.9. The molecule has 9 heteroatoms. The Morgan fingerprint density at radius 1 is 1.23 bits per heavy atom. The maximum absolute atomic E-state index is 14.3. The van der Waals surface area contributed by atoms with Gasteiger partial charge in [0.1, 0.15) is 5.82 Å². The standard InChI is InChI=1S/C22H26FIN4O3/c1-22(2,3)28(21(30)31)15-7-10-27(11-8-15)20(29)16-6-9-25-13-19(16)26-18-5-4-14(24)12-17(18)23/h4-6,9,12-13,15,26H,7-8,10-11H2,1-3H3,(H,30,31).